The lowest BCUT2D eigenvalue weighted by Crippen LogP contribution is -1.87. The van der Waals surface area contributed by atoms with Crippen molar-refractivity contribution in [1.82, 2.24) is 4.98 Å². The summed E-state index contributed by atoms with van der Waals surface area (Å²) in [6.45, 7) is 0. The summed E-state index contributed by atoms with van der Waals surface area (Å²) in [4.78, 5) is 5.62. The summed E-state index contributed by atoms with van der Waals surface area (Å²) in [5.74, 6) is 0. The lowest BCUT2D eigenvalue weighted by Gasteiger charge is -2.00. The Bertz CT molecular complexity index is 659. The predicted octanol–water partition coefficient (Wildman–Crippen LogP) is 4.06. The van der Waals surface area contributed by atoms with E-state index in [0.29, 0.717) is 0 Å². The third-order valence-electron chi connectivity index (χ3n) is 2.76. The molecule has 88 valence electrons. The van der Waals surface area contributed by atoms with E-state index in [1.165, 1.54) is 5.56 Å². The normalized spacial score (nSPS) is 10.4. The van der Waals surface area contributed by atoms with Crippen molar-refractivity contribution in [3.63, 3.8) is 0 Å². The van der Waals surface area contributed by atoms with Gasteiger partial charge in [-0.25, -0.2) is 4.98 Å². The van der Waals surface area contributed by atoms with Crippen LogP contribution in [0, 0.1) is 0 Å². The van der Waals surface area contributed by atoms with E-state index in [9.17, 15) is 0 Å². The molecule has 2 aromatic carbocycles. The summed E-state index contributed by atoms with van der Waals surface area (Å²) < 4.78 is 0. The summed E-state index contributed by atoms with van der Waals surface area (Å²) >= 11 is 1.66. The minimum Gasteiger partial charge on any atom is -0.398 e. The second-order valence-electron chi connectivity index (χ2n) is 3.98. The number of hydrogen-bond acceptors (Lipinski definition) is 3. The number of benzene rings is 2. The molecular weight excluding hydrogens is 240 g/mol. The fourth-order valence-electron chi connectivity index (χ4n) is 1.83. The van der Waals surface area contributed by atoms with E-state index < -0.39 is 0 Å². The van der Waals surface area contributed by atoms with Gasteiger partial charge in [0.15, 0.2) is 0 Å². The summed E-state index contributed by atoms with van der Waals surface area (Å²) in [6, 6.07) is 18.1. The molecule has 3 heteroatoms. The summed E-state index contributed by atoms with van der Waals surface area (Å²) in [7, 11) is 0. The Morgan fingerprint density at radius 2 is 1.61 bits per heavy atom. The van der Waals surface area contributed by atoms with Crippen LogP contribution in [0.1, 0.15) is 0 Å². The van der Waals surface area contributed by atoms with Gasteiger partial charge in [0.25, 0.3) is 0 Å². The minimum atomic E-state index is 0.770. The topological polar surface area (TPSA) is 38.9 Å². The van der Waals surface area contributed by atoms with Crippen LogP contribution in [0.2, 0.25) is 0 Å². The first-order valence-electron chi connectivity index (χ1n) is 5.71. The van der Waals surface area contributed by atoms with E-state index in [-0.39, 0.29) is 0 Å². The lowest BCUT2D eigenvalue weighted by atomic mass is 10.2. The first-order valence-corrected chi connectivity index (χ1v) is 6.52. The van der Waals surface area contributed by atoms with Gasteiger partial charge < -0.3 is 5.73 Å². The van der Waals surface area contributed by atoms with Gasteiger partial charge in [-0.2, -0.15) is 0 Å². The quantitative estimate of drug-likeness (QED) is 0.698. The highest BCUT2D eigenvalue weighted by Gasteiger charge is 2.08. The largest absolute Gasteiger partial charge is 0.398 e. The third kappa shape index (κ3) is 2.00. The smallest absolute Gasteiger partial charge is 0.125 e. The first-order chi connectivity index (χ1) is 8.84. The number of hydrogen-bond donors (Lipinski definition) is 1. The summed E-state index contributed by atoms with van der Waals surface area (Å²) in [5.41, 5.74) is 8.93. The molecule has 0 aliphatic heterocycles. The Morgan fingerprint density at radius 1 is 0.889 bits per heavy atom. The Morgan fingerprint density at radius 3 is 2.39 bits per heavy atom. The third-order valence-corrected chi connectivity index (χ3v) is 3.83. The molecule has 0 aliphatic carbocycles. The predicted molar refractivity (Wildman–Crippen MR) is 77.4 cm³/mol. The van der Waals surface area contributed by atoms with E-state index in [1.54, 1.807) is 11.3 Å². The molecule has 0 fully saturated rings. The number of nitrogens with two attached hydrogens (primary N) is 1. The minimum absolute atomic E-state index is 0.770. The molecule has 18 heavy (non-hydrogen) atoms. The van der Waals surface area contributed by atoms with E-state index in [1.807, 2.05) is 48.7 Å². The van der Waals surface area contributed by atoms with Crippen LogP contribution in [-0.4, -0.2) is 4.98 Å². The van der Waals surface area contributed by atoms with Gasteiger partial charge in [-0.3, -0.25) is 0 Å². The molecule has 3 aromatic rings. The molecule has 1 aromatic heterocycles. The average Bonchev–Trinajstić information content (AvgIpc) is 2.90. The van der Waals surface area contributed by atoms with E-state index in [0.717, 1.165) is 21.1 Å². The molecule has 2 N–H and O–H groups in total. The summed E-state index contributed by atoms with van der Waals surface area (Å²) in [6.07, 6.45) is 1.90. The number of aromatic nitrogens is 1. The van der Waals surface area contributed by atoms with Crippen LogP contribution in [0.5, 0.6) is 0 Å². The van der Waals surface area contributed by atoms with Crippen LogP contribution in [-0.2, 0) is 0 Å². The van der Waals surface area contributed by atoms with Crippen molar-refractivity contribution < 1.29 is 0 Å². The average molecular weight is 252 g/mol. The maximum Gasteiger partial charge on any atom is 0.125 e. The highest BCUT2D eigenvalue weighted by Crippen LogP contribution is 2.34. The van der Waals surface area contributed by atoms with Gasteiger partial charge in [0, 0.05) is 17.4 Å². The fraction of sp³-hybridized carbons (Fsp3) is 0. The molecule has 0 saturated heterocycles. The number of nitrogens with zero attached hydrogens (tertiary/aromatic N) is 1. The highest BCUT2D eigenvalue weighted by atomic mass is 32.1. The van der Waals surface area contributed by atoms with Gasteiger partial charge in [0.05, 0.1) is 4.88 Å². The molecule has 0 atom stereocenters. The summed E-state index contributed by atoms with van der Waals surface area (Å²) in [5, 5.41) is 0.965. The van der Waals surface area contributed by atoms with Crippen LogP contribution in [0.4, 0.5) is 5.69 Å². The molecule has 0 bridgehead atoms. The standard InChI is InChI=1S/C15H12N2S/c16-13-9-5-4-8-12(13)15-17-10-14(18-15)11-6-2-1-3-7-11/h1-10H,16H2. The zero-order valence-corrected chi connectivity index (χ0v) is 10.5. The molecular formula is C15H12N2S. The van der Waals surface area contributed by atoms with E-state index >= 15 is 0 Å². The highest BCUT2D eigenvalue weighted by molar-refractivity contribution is 7.18. The zero-order valence-electron chi connectivity index (χ0n) is 9.71. The maximum atomic E-state index is 5.97. The van der Waals surface area contributed by atoms with Gasteiger partial charge in [0.2, 0.25) is 0 Å². The van der Waals surface area contributed by atoms with Gasteiger partial charge in [0.1, 0.15) is 5.01 Å². The zero-order chi connectivity index (χ0) is 12.4. The molecule has 2 nitrogen and oxygen atoms in total. The maximum absolute atomic E-state index is 5.97. The van der Waals surface area contributed by atoms with Crippen LogP contribution < -0.4 is 5.73 Å². The van der Waals surface area contributed by atoms with Gasteiger partial charge >= 0.3 is 0 Å². The molecule has 0 radical (unpaired) electrons. The lowest BCUT2D eigenvalue weighted by molar-refractivity contribution is 1.41. The first kappa shape index (κ1) is 11.0. The van der Waals surface area contributed by atoms with Crippen LogP contribution in [0.25, 0.3) is 21.0 Å². The molecule has 3 rings (SSSR count). The fourth-order valence-corrected chi connectivity index (χ4v) is 2.80. The van der Waals surface area contributed by atoms with Gasteiger partial charge in [-0.1, -0.05) is 42.5 Å². The SMILES string of the molecule is Nc1ccccc1-c1ncc(-c2ccccc2)s1. The molecule has 0 spiro atoms. The van der Waals surface area contributed by atoms with E-state index in [4.69, 9.17) is 5.73 Å². The van der Waals surface area contributed by atoms with Crippen molar-refractivity contribution in [1.29, 1.82) is 0 Å². The number of rotatable bonds is 2. The van der Waals surface area contributed by atoms with Crippen molar-refractivity contribution in [3.05, 3.63) is 60.8 Å². The van der Waals surface area contributed by atoms with Gasteiger partial charge in [-0.05, 0) is 17.7 Å². The van der Waals surface area contributed by atoms with E-state index in [2.05, 4.69) is 17.1 Å². The molecule has 0 aliphatic rings. The van der Waals surface area contributed by atoms with Crippen molar-refractivity contribution in [3.8, 4) is 21.0 Å². The number of thiazole rings is 1. The van der Waals surface area contributed by atoms with Crippen LogP contribution in [0.3, 0.4) is 0 Å². The Labute approximate surface area is 110 Å². The Balaban J connectivity index is 2.03. The molecule has 0 amide bonds. The Kier molecular flexibility index (Phi) is 2.82. The van der Waals surface area contributed by atoms with Crippen molar-refractivity contribution in [2.75, 3.05) is 5.73 Å². The molecule has 1 heterocycles. The molecule has 0 unspecified atom stereocenters. The Hall–Kier alpha value is -2.13. The number of nitrogen functional groups attached to an aromatic ring is 1. The second-order valence-corrected chi connectivity index (χ2v) is 5.01. The second kappa shape index (κ2) is 4.63. The van der Waals surface area contributed by atoms with Gasteiger partial charge in [-0.15, -0.1) is 11.3 Å². The van der Waals surface area contributed by atoms with Crippen molar-refractivity contribution in [2.24, 2.45) is 0 Å². The van der Waals surface area contributed by atoms with Crippen LogP contribution >= 0.6 is 11.3 Å². The molecule has 0 saturated carbocycles. The van der Waals surface area contributed by atoms with Crippen molar-refractivity contribution in [2.45, 2.75) is 0 Å². The van der Waals surface area contributed by atoms with Crippen LogP contribution in [0.15, 0.2) is 60.8 Å². The monoisotopic (exact) mass is 252 g/mol. The van der Waals surface area contributed by atoms with Crippen molar-refractivity contribution >= 4 is 17.0 Å². The number of anilines is 1. The number of para-hydroxylation sites is 1.